The van der Waals surface area contributed by atoms with Crippen LogP contribution in [0.2, 0.25) is 0 Å². The summed E-state index contributed by atoms with van der Waals surface area (Å²) in [5, 5.41) is 10.9. The predicted octanol–water partition coefficient (Wildman–Crippen LogP) is 3.72. The molecule has 0 aliphatic carbocycles. The van der Waals surface area contributed by atoms with Crippen molar-refractivity contribution in [2.45, 2.75) is 46.5 Å². The molecule has 1 aliphatic rings. The van der Waals surface area contributed by atoms with E-state index in [0.717, 1.165) is 33.0 Å². The quantitative estimate of drug-likeness (QED) is 0.657. The summed E-state index contributed by atoms with van der Waals surface area (Å²) in [6.07, 6.45) is 3.12. The Bertz CT molecular complexity index is 1210. The van der Waals surface area contributed by atoms with Crippen LogP contribution in [0, 0.1) is 26.7 Å². The number of carboxylic acids is 1. The van der Waals surface area contributed by atoms with Gasteiger partial charge in [0.15, 0.2) is 0 Å². The Morgan fingerprint density at radius 1 is 1.10 bits per heavy atom. The number of rotatable bonds is 4. The van der Waals surface area contributed by atoms with Gasteiger partial charge in [-0.05, 0) is 57.2 Å². The van der Waals surface area contributed by atoms with Crippen LogP contribution in [0.1, 0.15) is 41.5 Å². The van der Waals surface area contributed by atoms with Gasteiger partial charge in [-0.2, -0.15) is 0 Å². The number of fused-ring (bicyclic) bond motifs is 2. The molecule has 30 heavy (non-hydrogen) atoms. The van der Waals surface area contributed by atoms with Gasteiger partial charge in [0, 0.05) is 41.4 Å². The van der Waals surface area contributed by atoms with Crippen molar-refractivity contribution in [3.05, 3.63) is 45.0 Å². The molecule has 3 aromatic rings. The number of likely N-dealkylation sites (tertiary alicyclic amines) is 1. The van der Waals surface area contributed by atoms with E-state index in [1.807, 2.05) is 26.8 Å². The maximum Gasteiger partial charge on any atom is 0.339 e. The lowest BCUT2D eigenvalue weighted by Gasteiger charge is -2.30. The summed E-state index contributed by atoms with van der Waals surface area (Å²) in [5.41, 5.74) is 3.95. The molecule has 0 atom stereocenters. The maximum atomic E-state index is 12.7. The highest BCUT2D eigenvalue weighted by Gasteiger charge is 2.27. The van der Waals surface area contributed by atoms with Crippen molar-refractivity contribution < 1.29 is 23.5 Å². The fourth-order valence-corrected chi connectivity index (χ4v) is 4.37. The Balaban J connectivity index is 1.58. The van der Waals surface area contributed by atoms with Gasteiger partial charge in [-0.25, -0.2) is 4.79 Å². The normalized spacial score (nSPS) is 15.2. The topological polar surface area (TPSA) is 101 Å². The summed E-state index contributed by atoms with van der Waals surface area (Å²) in [6, 6.07) is 1.98. The molecular formula is C23H25NO6. The average Bonchev–Trinajstić information content (AvgIpc) is 3.10. The number of furan rings is 1. The molecule has 0 spiro atoms. The first-order valence-corrected chi connectivity index (χ1v) is 10.2. The van der Waals surface area contributed by atoms with E-state index in [-0.39, 0.29) is 18.2 Å². The third kappa shape index (κ3) is 3.38. The molecule has 2 aromatic heterocycles. The van der Waals surface area contributed by atoms with Crippen LogP contribution >= 0.6 is 0 Å². The largest absolute Gasteiger partial charge is 0.481 e. The minimum atomic E-state index is -0.802. The number of carbonyl (C=O) groups excluding carboxylic acids is 1. The van der Waals surface area contributed by atoms with Gasteiger partial charge in [0.1, 0.15) is 11.2 Å². The number of benzene rings is 1. The summed E-state index contributed by atoms with van der Waals surface area (Å²) in [4.78, 5) is 38.0. The highest BCUT2D eigenvalue weighted by molar-refractivity contribution is 5.99. The minimum absolute atomic E-state index is 0.0601. The van der Waals surface area contributed by atoms with E-state index in [1.54, 1.807) is 11.2 Å². The molecular weight excluding hydrogens is 386 g/mol. The molecule has 1 fully saturated rings. The van der Waals surface area contributed by atoms with Crippen molar-refractivity contribution in [2.24, 2.45) is 5.92 Å². The maximum absolute atomic E-state index is 12.7. The highest BCUT2D eigenvalue weighted by atomic mass is 16.4. The monoisotopic (exact) mass is 411 g/mol. The molecule has 1 N–H and O–H groups in total. The van der Waals surface area contributed by atoms with Crippen LogP contribution in [0.4, 0.5) is 0 Å². The van der Waals surface area contributed by atoms with Gasteiger partial charge >= 0.3 is 11.6 Å². The Hall–Kier alpha value is -3.09. The van der Waals surface area contributed by atoms with Crippen molar-refractivity contribution in [1.82, 2.24) is 4.90 Å². The number of hydrogen-bond donors (Lipinski definition) is 1. The molecule has 1 aromatic carbocycles. The summed E-state index contributed by atoms with van der Waals surface area (Å²) in [5.74, 6) is -1.24. The second-order valence-corrected chi connectivity index (χ2v) is 8.16. The summed E-state index contributed by atoms with van der Waals surface area (Å²) >= 11 is 0. The molecule has 158 valence electrons. The average molecular weight is 411 g/mol. The van der Waals surface area contributed by atoms with Crippen LogP contribution in [0.3, 0.4) is 0 Å². The minimum Gasteiger partial charge on any atom is -0.481 e. The molecule has 1 amide bonds. The Morgan fingerprint density at radius 2 is 1.80 bits per heavy atom. The fourth-order valence-electron chi connectivity index (χ4n) is 4.37. The van der Waals surface area contributed by atoms with Gasteiger partial charge in [-0.3, -0.25) is 9.59 Å². The van der Waals surface area contributed by atoms with Gasteiger partial charge in [-0.15, -0.1) is 0 Å². The van der Waals surface area contributed by atoms with Crippen LogP contribution in [-0.4, -0.2) is 35.0 Å². The van der Waals surface area contributed by atoms with Gasteiger partial charge in [0.2, 0.25) is 5.91 Å². The third-order valence-corrected chi connectivity index (χ3v) is 6.32. The summed E-state index contributed by atoms with van der Waals surface area (Å²) in [6.45, 7) is 6.62. The molecule has 3 heterocycles. The van der Waals surface area contributed by atoms with Gasteiger partial charge in [0.05, 0.1) is 12.2 Å². The number of aryl methyl sites for hydroxylation is 3. The van der Waals surface area contributed by atoms with Crippen LogP contribution in [-0.2, 0) is 16.0 Å². The molecule has 1 saturated heterocycles. The van der Waals surface area contributed by atoms with E-state index in [4.69, 9.17) is 13.9 Å². The lowest BCUT2D eigenvalue weighted by atomic mass is 9.96. The molecule has 0 radical (unpaired) electrons. The van der Waals surface area contributed by atoms with E-state index in [1.165, 1.54) is 0 Å². The van der Waals surface area contributed by atoms with Crippen molar-refractivity contribution in [3.63, 3.8) is 0 Å². The highest BCUT2D eigenvalue weighted by Crippen LogP contribution is 2.32. The third-order valence-electron chi connectivity index (χ3n) is 6.32. The lowest BCUT2D eigenvalue weighted by Crippen LogP contribution is -2.40. The number of nitrogens with zero attached hydrogens (tertiary/aromatic N) is 1. The zero-order chi connectivity index (χ0) is 21.6. The van der Waals surface area contributed by atoms with Crippen LogP contribution in [0.5, 0.6) is 0 Å². The van der Waals surface area contributed by atoms with Crippen LogP contribution in [0.15, 0.2) is 26.0 Å². The number of carbonyl (C=O) groups is 2. The Labute approximate surface area is 173 Å². The molecule has 0 unspecified atom stereocenters. The standard InChI is InChI=1S/C23H25NO6/c1-12-11-29-20-14(3)21-18(10-17(12)20)13(2)16(23(28)30-21)4-5-19(25)24-8-6-15(7-9-24)22(26)27/h10-11,15H,4-9H2,1-3H3,(H,26,27). The number of aliphatic carboxylic acids is 1. The molecule has 4 rings (SSSR count). The SMILES string of the molecule is Cc1coc2c(C)c3oc(=O)c(CCC(=O)N4CCC(C(=O)O)CC4)c(C)c3cc12. The van der Waals surface area contributed by atoms with Crippen molar-refractivity contribution in [1.29, 1.82) is 0 Å². The van der Waals surface area contributed by atoms with E-state index in [2.05, 4.69) is 0 Å². The van der Waals surface area contributed by atoms with E-state index < -0.39 is 11.6 Å². The zero-order valence-corrected chi connectivity index (χ0v) is 17.4. The lowest BCUT2D eigenvalue weighted by molar-refractivity contribution is -0.145. The molecule has 7 nitrogen and oxygen atoms in total. The molecule has 0 bridgehead atoms. The van der Waals surface area contributed by atoms with Crippen LogP contribution < -0.4 is 5.63 Å². The number of amides is 1. The molecule has 0 saturated carbocycles. The second-order valence-electron chi connectivity index (χ2n) is 8.16. The molecule has 7 heteroatoms. The summed E-state index contributed by atoms with van der Waals surface area (Å²) in [7, 11) is 0. The van der Waals surface area contributed by atoms with Crippen molar-refractivity contribution in [2.75, 3.05) is 13.1 Å². The Morgan fingerprint density at radius 3 is 2.47 bits per heavy atom. The van der Waals surface area contributed by atoms with Crippen molar-refractivity contribution >= 4 is 33.8 Å². The number of piperidine rings is 1. The number of hydrogen-bond acceptors (Lipinski definition) is 5. The predicted molar refractivity (Wildman–Crippen MR) is 112 cm³/mol. The van der Waals surface area contributed by atoms with Gasteiger partial charge < -0.3 is 18.8 Å². The van der Waals surface area contributed by atoms with Crippen molar-refractivity contribution in [3.8, 4) is 0 Å². The first-order chi connectivity index (χ1) is 14.3. The van der Waals surface area contributed by atoms with E-state index in [0.29, 0.717) is 43.5 Å². The van der Waals surface area contributed by atoms with E-state index >= 15 is 0 Å². The first kappa shape index (κ1) is 20.2. The van der Waals surface area contributed by atoms with Gasteiger partial charge in [0.25, 0.3) is 0 Å². The number of carboxylic acid groups (broad SMARTS) is 1. The molecule has 1 aliphatic heterocycles. The van der Waals surface area contributed by atoms with Gasteiger partial charge in [-0.1, -0.05) is 0 Å². The summed E-state index contributed by atoms with van der Waals surface area (Å²) < 4.78 is 11.3. The second kappa shape index (κ2) is 7.63. The first-order valence-electron chi connectivity index (χ1n) is 10.2. The van der Waals surface area contributed by atoms with E-state index in [9.17, 15) is 14.4 Å². The smallest absolute Gasteiger partial charge is 0.339 e. The fraction of sp³-hybridized carbons (Fsp3) is 0.435. The Kier molecular flexibility index (Phi) is 5.13. The zero-order valence-electron chi connectivity index (χ0n) is 17.4. The van der Waals surface area contributed by atoms with Crippen LogP contribution in [0.25, 0.3) is 21.9 Å².